The predicted octanol–water partition coefficient (Wildman–Crippen LogP) is 13.1. The average Bonchev–Trinajstić information content (AvgIpc) is 3.89. The molecule has 0 aliphatic rings. The fourth-order valence-corrected chi connectivity index (χ4v) is 8.74. The number of aromatic nitrogens is 3. The lowest BCUT2D eigenvalue weighted by Crippen LogP contribution is -2.02. The standard InChI is InChI=1S/C50H29N5/c1-52-35-25-26-41-39-16-2-6-19-44(39)53(49(41)30-35)36-13-10-12-32(29-36)33-24-27-43(34(28-33)31-51)55-47-22-9-5-17-40(47)42-18-11-23-48(50(42)55)54-45-20-7-3-14-37(45)38-15-4-8-21-46(38)54/h2-30H. The Morgan fingerprint density at radius 3 is 1.62 bits per heavy atom. The normalized spacial score (nSPS) is 11.6. The van der Waals surface area contributed by atoms with Crippen molar-refractivity contribution < 1.29 is 0 Å². The van der Waals surface area contributed by atoms with Crippen molar-refractivity contribution in [1.29, 1.82) is 5.26 Å². The van der Waals surface area contributed by atoms with Crippen LogP contribution in [0.1, 0.15) is 5.56 Å². The maximum atomic E-state index is 10.9. The molecule has 55 heavy (non-hydrogen) atoms. The van der Waals surface area contributed by atoms with Gasteiger partial charge in [0.05, 0.1) is 51.1 Å². The van der Waals surface area contributed by atoms with Crippen molar-refractivity contribution in [2.45, 2.75) is 0 Å². The van der Waals surface area contributed by atoms with Crippen LogP contribution in [0.3, 0.4) is 0 Å². The van der Waals surface area contributed by atoms with Gasteiger partial charge in [0, 0.05) is 43.5 Å². The first kappa shape index (κ1) is 30.7. The number of para-hydroxylation sites is 5. The highest BCUT2D eigenvalue weighted by atomic mass is 15.1. The first-order valence-electron chi connectivity index (χ1n) is 18.3. The number of hydrogen-bond donors (Lipinski definition) is 0. The van der Waals surface area contributed by atoms with E-state index in [2.05, 4.69) is 176 Å². The summed E-state index contributed by atoms with van der Waals surface area (Å²) in [5, 5.41) is 17.8. The van der Waals surface area contributed by atoms with Crippen molar-refractivity contribution in [1.82, 2.24) is 13.7 Å². The van der Waals surface area contributed by atoms with Gasteiger partial charge in [-0.05, 0) is 71.8 Å². The number of hydrogen-bond acceptors (Lipinski definition) is 1. The number of benzene rings is 8. The number of fused-ring (bicyclic) bond motifs is 9. The van der Waals surface area contributed by atoms with E-state index in [1.807, 2.05) is 24.3 Å². The minimum atomic E-state index is 0.584. The molecule has 5 heteroatoms. The molecule has 0 atom stereocenters. The molecule has 0 saturated carbocycles. The molecule has 0 amide bonds. The fourth-order valence-electron chi connectivity index (χ4n) is 8.74. The number of nitrogens with zero attached hydrogens (tertiary/aromatic N) is 5. The minimum Gasteiger partial charge on any atom is -0.310 e. The van der Waals surface area contributed by atoms with Gasteiger partial charge < -0.3 is 13.7 Å². The topological polar surface area (TPSA) is 42.9 Å². The molecular weight excluding hydrogens is 671 g/mol. The van der Waals surface area contributed by atoms with E-state index in [9.17, 15) is 5.26 Å². The molecule has 11 rings (SSSR count). The average molecular weight is 700 g/mol. The Morgan fingerprint density at radius 2 is 0.964 bits per heavy atom. The second kappa shape index (κ2) is 11.8. The van der Waals surface area contributed by atoms with E-state index in [0.29, 0.717) is 11.3 Å². The Kier molecular flexibility index (Phi) is 6.61. The maximum Gasteiger partial charge on any atom is 0.189 e. The van der Waals surface area contributed by atoms with E-state index in [1.54, 1.807) is 0 Å². The zero-order chi connectivity index (χ0) is 36.6. The molecule has 0 aliphatic carbocycles. The molecule has 254 valence electrons. The van der Waals surface area contributed by atoms with Gasteiger partial charge in [-0.2, -0.15) is 5.26 Å². The quantitative estimate of drug-likeness (QED) is 0.169. The second-order valence-electron chi connectivity index (χ2n) is 14.0. The van der Waals surface area contributed by atoms with Crippen LogP contribution in [-0.4, -0.2) is 13.7 Å². The Morgan fingerprint density at radius 1 is 0.418 bits per heavy atom. The molecule has 11 aromatic rings. The van der Waals surface area contributed by atoms with Crippen molar-refractivity contribution >= 4 is 71.1 Å². The molecule has 0 aliphatic heterocycles. The number of rotatable bonds is 4. The SMILES string of the molecule is [C-]#[N+]c1ccc2c3ccccc3n(-c3cccc(-c4ccc(-n5c6ccccc6c6cccc(-n7c8ccccc8c8ccccc87)c65)c(C#N)c4)c3)c2c1. The van der Waals surface area contributed by atoms with Crippen LogP contribution < -0.4 is 0 Å². The molecule has 0 unspecified atom stereocenters. The first-order chi connectivity index (χ1) is 27.2. The zero-order valence-electron chi connectivity index (χ0n) is 29.5. The third kappa shape index (κ3) is 4.45. The third-order valence-electron chi connectivity index (χ3n) is 11.1. The van der Waals surface area contributed by atoms with Gasteiger partial charge in [-0.1, -0.05) is 115 Å². The lowest BCUT2D eigenvalue weighted by molar-refractivity contribution is 1.12. The summed E-state index contributed by atoms with van der Waals surface area (Å²) < 4.78 is 6.87. The molecule has 3 heterocycles. The maximum absolute atomic E-state index is 10.9. The largest absolute Gasteiger partial charge is 0.310 e. The highest BCUT2D eigenvalue weighted by Crippen LogP contribution is 2.41. The molecule has 0 N–H and O–H groups in total. The molecule has 8 aromatic carbocycles. The van der Waals surface area contributed by atoms with Crippen molar-refractivity contribution in [3.8, 4) is 34.3 Å². The molecule has 3 aromatic heterocycles. The van der Waals surface area contributed by atoms with Gasteiger partial charge in [0.2, 0.25) is 0 Å². The van der Waals surface area contributed by atoms with E-state index in [0.717, 1.165) is 82.8 Å². The summed E-state index contributed by atoms with van der Waals surface area (Å²) in [5.41, 5.74) is 12.5. The summed E-state index contributed by atoms with van der Waals surface area (Å²) in [6.07, 6.45) is 0. The lowest BCUT2D eigenvalue weighted by Gasteiger charge is -2.16. The second-order valence-corrected chi connectivity index (χ2v) is 14.0. The van der Waals surface area contributed by atoms with E-state index >= 15 is 0 Å². The first-order valence-corrected chi connectivity index (χ1v) is 18.3. The molecule has 0 bridgehead atoms. The van der Waals surface area contributed by atoms with Crippen molar-refractivity contribution in [3.05, 3.63) is 193 Å². The smallest absolute Gasteiger partial charge is 0.189 e. The van der Waals surface area contributed by atoms with Crippen LogP contribution in [0.4, 0.5) is 5.69 Å². The van der Waals surface area contributed by atoms with Crippen LogP contribution in [0.5, 0.6) is 0 Å². The fraction of sp³-hybridized carbons (Fsp3) is 0. The summed E-state index contributed by atoms with van der Waals surface area (Å²) in [6.45, 7) is 7.67. The summed E-state index contributed by atoms with van der Waals surface area (Å²) >= 11 is 0. The number of nitriles is 1. The third-order valence-corrected chi connectivity index (χ3v) is 11.1. The van der Waals surface area contributed by atoms with Crippen LogP contribution in [0.15, 0.2) is 176 Å². The van der Waals surface area contributed by atoms with Crippen molar-refractivity contribution in [3.63, 3.8) is 0 Å². The van der Waals surface area contributed by atoms with Gasteiger partial charge in [0.15, 0.2) is 5.69 Å². The van der Waals surface area contributed by atoms with E-state index in [1.165, 1.54) is 10.8 Å². The highest BCUT2D eigenvalue weighted by molar-refractivity contribution is 6.15. The summed E-state index contributed by atoms with van der Waals surface area (Å²) in [4.78, 5) is 3.73. The zero-order valence-corrected chi connectivity index (χ0v) is 29.5. The van der Waals surface area contributed by atoms with Gasteiger partial charge in [0.1, 0.15) is 6.07 Å². The highest BCUT2D eigenvalue weighted by Gasteiger charge is 2.21. The Balaban J connectivity index is 1.13. The predicted molar refractivity (Wildman–Crippen MR) is 226 cm³/mol. The summed E-state index contributed by atoms with van der Waals surface area (Å²) in [7, 11) is 0. The van der Waals surface area contributed by atoms with Gasteiger partial charge in [-0.3, -0.25) is 0 Å². The van der Waals surface area contributed by atoms with E-state index < -0.39 is 0 Å². The van der Waals surface area contributed by atoms with Crippen molar-refractivity contribution in [2.75, 3.05) is 0 Å². The molecule has 0 spiro atoms. The molecule has 0 radical (unpaired) electrons. The Labute approximate surface area is 316 Å². The van der Waals surface area contributed by atoms with Crippen molar-refractivity contribution in [2.24, 2.45) is 0 Å². The van der Waals surface area contributed by atoms with Crippen LogP contribution in [0, 0.1) is 17.9 Å². The van der Waals surface area contributed by atoms with Gasteiger partial charge in [0.25, 0.3) is 0 Å². The van der Waals surface area contributed by atoms with Gasteiger partial charge in [-0.15, -0.1) is 0 Å². The van der Waals surface area contributed by atoms with E-state index in [-0.39, 0.29) is 0 Å². The Hall–Kier alpha value is -7.86. The molecular formula is C50H29N5. The molecule has 0 fully saturated rings. The van der Waals surface area contributed by atoms with Crippen LogP contribution in [0.25, 0.3) is 98.5 Å². The molecule has 0 saturated heterocycles. The monoisotopic (exact) mass is 699 g/mol. The van der Waals surface area contributed by atoms with Crippen LogP contribution >= 0.6 is 0 Å². The van der Waals surface area contributed by atoms with Gasteiger partial charge >= 0.3 is 0 Å². The minimum absolute atomic E-state index is 0.584. The summed E-state index contributed by atoms with van der Waals surface area (Å²) in [5.74, 6) is 0. The van der Waals surface area contributed by atoms with Crippen LogP contribution in [-0.2, 0) is 0 Å². The lowest BCUT2D eigenvalue weighted by atomic mass is 10.0. The molecule has 5 nitrogen and oxygen atoms in total. The van der Waals surface area contributed by atoms with E-state index in [4.69, 9.17) is 6.57 Å². The van der Waals surface area contributed by atoms with Crippen LogP contribution in [0.2, 0.25) is 0 Å². The van der Waals surface area contributed by atoms with Gasteiger partial charge in [-0.25, -0.2) is 4.85 Å². The summed E-state index contributed by atoms with van der Waals surface area (Å²) in [6, 6.07) is 63.7. The Bertz CT molecular complexity index is 3420.